The predicted octanol–water partition coefficient (Wildman–Crippen LogP) is 6.91. The molecule has 0 aliphatic carbocycles. The van der Waals surface area contributed by atoms with E-state index in [0.29, 0.717) is 23.7 Å². The number of hydrogen-bond acceptors (Lipinski definition) is 5. The molecule has 1 heterocycles. The number of nitrogens with zero attached hydrogens (tertiary/aromatic N) is 1. The van der Waals surface area contributed by atoms with Gasteiger partial charge >= 0.3 is 5.97 Å². The molecule has 0 spiro atoms. The summed E-state index contributed by atoms with van der Waals surface area (Å²) in [5.41, 5.74) is 2.36. The molecular weight excluding hydrogens is 572 g/mol. The van der Waals surface area contributed by atoms with Gasteiger partial charge in [-0.3, -0.25) is 0 Å². The molecule has 0 N–H and O–H groups in total. The Morgan fingerprint density at radius 1 is 0.972 bits per heavy atom. The lowest BCUT2D eigenvalue weighted by Crippen LogP contribution is -2.05. The van der Waals surface area contributed by atoms with E-state index in [2.05, 4.69) is 27.6 Å². The second kappa shape index (κ2) is 10.5. The molecule has 5 rings (SSSR count). The summed E-state index contributed by atoms with van der Waals surface area (Å²) in [5.74, 6) is 0.519. The van der Waals surface area contributed by atoms with E-state index in [4.69, 9.17) is 14.2 Å². The molecule has 0 aromatic heterocycles. The van der Waals surface area contributed by atoms with Gasteiger partial charge in [-0.1, -0.05) is 42.5 Å². The van der Waals surface area contributed by atoms with E-state index in [1.54, 1.807) is 24.3 Å². The molecule has 1 aliphatic heterocycles. The first-order chi connectivity index (χ1) is 17.5. The van der Waals surface area contributed by atoms with Crippen LogP contribution in [0.2, 0.25) is 0 Å². The maximum absolute atomic E-state index is 13.5. The SMILES string of the molecule is CCOc1cc(/C=C2\N=C(c3ccc4ccccc4c3)OC2=O)cc(I)c1OCc1cccc(F)c1. The Hall–Kier alpha value is -3.72. The van der Waals surface area contributed by atoms with Crippen LogP contribution in [-0.4, -0.2) is 18.5 Å². The van der Waals surface area contributed by atoms with Crippen LogP contribution in [0, 0.1) is 9.39 Å². The van der Waals surface area contributed by atoms with Gasteiger partial charge in [0.25, 0.3) is 0 Å². The molecule has 0 atom stereocenters. The minimum Gasteiger partial charge on any atom is -0.490 e. The van der Waals surface area contributed by atoms with Crippen molar-refractivity contribution < 1.29 is 23.4 Å². The van der Waals surface area contributed by atoms with Gasteiger partial charge in [-0.15, -0.1) is 0 Å². The fourth-order valence-corrected chi connectivity index (χ4v) is 4.65. The highest BCUT2D eigenvalue weighted by Crippen LogP contribution is 2.36. The zero-order chi connectivity index (χ0) is 25.1. The van der Waals surface area contributed by atoms with Crippen LogP contribution in [0.15, 0.2) is 89.6 Å². The standard InChI is InChI=1S/C29H21FINO4/c1-2-34-26-15-19(13-24(31)27(26)35-17-18-6-5-9-23(30)12-18)14-25-29(33)36-28(32-25)22-11-10-20-7-3-4-8-21(20)16-22/h3-16H,2,17H2,1H3/b25-14-. The molecule has 7 heteroatoms. The van der Waals surface area contributed by atoms with Crippen LogP contribution in [0.3, 0.4) is 0 Å². The molecular formula is C29H21FINO4. The topological polar surface area (TPSA) is 57.1 Å². The fraction of sp³-hybridized carbons (Fsp3) is 0.103. The van der Waals surface area contributed by atoms with E-state index in [-0.39, 0.29) is 24.0 Å². The summed E-state index contributed by atoms with van der Waals surface area (Å²) in [7, 11) is 0. The molecule has 0 fully saturated rings. The van der Waals surface area contributed by atoms with Crippen LogP contribution in [0.1, 0.15) is 23.6 Å². The molecule has 0 bridgehead atoms. The van der Waals surface area contributed by atoms with Crippen molar-refractivity contribution in [2.45, 2.75) is 13.5 Å². The van der Waals surface area contributed by atoms with Gasteiger partial charge in [0, 0.05) is 5.56 Å². The van der Waals surface area contributed by atoms with E-state index in [9.17, 15) is 9.18 Å². The van der Waals surface area contributed by atoms with Crippen molar-refractivity contribution >= 4 is 51.3 Å². The molecule has 36 heavy (non-hydrogen) atoms. The van der Waals surface area contributed by atoms with Crippen molar-refractivity contribution in [3.8, 4) is 11.5 Å². The third-order valence-electron chi connectivity index (χ3n) is 5.52. The van der Waals surface area contributed by atoms with Gasteiger partial charge in [0.1, 0.15) is 12.4 Å². The molecule has 0 amide bonds. The second-order valence-electron chi connectivity index (χ2n) is 8.08. The van der Waals surface area contributed by atoms with Crippen LogP contribution < -0.4 is 9.47 Å². The van der Waals surface area contributed by atoms with Crippen LogP contribution in [-0.2, 0) is 16.1 Å². The summed E-state index contributed by atoms with van der Waals surface area (Å²) in [6.45, 7) is 2.50. The van der Waals surface area contributed by atoms with Gasteiger partial charge in [0.15, 0.2) is 17.2 Å². The summed E-state index contributed by atoms with van der Waals surface area (Å²) in [5, 5.41) is 2.13. The Balaban J connectivity index is 1.42. The average molecular weight is 593 g/mol. The largest absolute Gasteiger partial charge is 0.490 e. The number of aliphatic imine (C=N–C) groups is 1. The van der Waals surface area contributed by atoms with Gasteiger partial charge in [0.2, 0.25) is 5.90 Å². The summed E-state index contributed by atoms with van der Waals surface area (Å²) >= 11 is 2.15. The Kier molecular flexibility index (Phi) is 6.99. The minimum absolute atomic E-state index is 0.194. The zero-order valence-corrected chi connectivity index (χ0v) is 21.5. The molecule has 180 valence electrons. The summed E-state index contributed by atoms with van der Waals surface area (Å²) in [6.07, 6.45) is 1.66. The van der Waals surface area contributed by atoms with Gasteiger partial charge in [0.05, 0.1) is 10.2 Å². The number of ether oxygens (including phenoxy) is 3. The third kappa shape index (κ3) is 5.26. The van der Waals surface area contributed by atoms with Gasteiger partial charge in [-0.25, -0.2) is 14.2 Å². The molecule has 1 aliphatic rings. The number of esters is 1. The first kappa shape index (κ1) is 24.0. The Bertz CT molecular complexity index is 1530. The van der Waals surface area contributed by atoms with Crippen LogP contribution >= 0.6 is 22.6 Å². The zero-order valence-electron chi connectivity index (χ0n) is 19.3. The maximum atomic E-state index is 13.5. The van der Waals surface area contributed by atoms with Crippen molar-refractivity contribution in [2.24, 2.45) is 4.99 Å². The van der Waals surface area contributed by atoms with Crippen LogP contribution in [0.25, 0.3) is 16.8 Å². The summed E-state index contributed by atoms with van der Waals surface area (Å²) < 4.78 is 31.6. The normalized spacial score (nSPS) is 14.1. The van der Waals surface area contributed by atoms with Gasteiger partial charge < -0.3 is 14.2 Å². The lowest BCUT2D eigenvalue weighted by molar-refractivity contribution is -0.129. The molecule has 0 saturated carbocycles. The number of cyclic esters (lactones) is 1. The summed E-state index contributed by atoms with van der Waals surface area (Å²) in [4.78, 5) is 17.0. The number of carbonyl (C=O) groups excluding carboxylic acids is 1. The van der Waals surface area contributed by atoms with Gasteiger partial charge in [-0.05, 0) is 93.9 Å². The number of rotatable bonds is 7. The Labute approximate surface area is 221 Å². The smallest absolute Gasteiger partial charge is 0.363 e. The second-order valence-corrected chi connectivity index (χ2v) is 9.24. The van der Waals surface area contributed by atoms with Crippen LogP contribution in [0.5, 0.6) is 11.5 Å². The average Bonchev–Trinajstić information content (AvgIpc) is 3.23. The number of hydrogen-bond donors (Lipinski definition) is 0. The molecule has 4 aromatic carbocycles. The van der Waals surface area contributed by atoms with Crippen molar-refractivity contribution in [1.82, 2.24) is 0 Å². The highest BCUT2D eigenvalue weighted by molar-refractivity contribution is 14.1. The molecule has 0 radical (unpaired) electrons. The minimum atomic E-state index is -0.516. The number of halogens is 2. The quantitative estimate of drug-likeness (QED) is 0.133. The number of fused-ring (bicyclic) bond motifs is 1. The fourth-order valence-electron chi connectivity index (χ4n) is 3.87. The molecule has 0 saturated heterocycles. The van der Waals surface area contributed by atoms with E-state index >= 15 is 0 Å². The highest BCUT2D eigenvalue weighted by atomic mass is 127. The third-order valence-corrected chi connectivity index (χ3v) is 6.33. The first-order valence-corrected chi connectivity index (χ1v) is 12.4. The van der Waals surface area contributed by atoms with Crippen molar-refractivity contribution in [1.29, 1.82) is 0 Å². The van der Waals surface area contributed by atoms with Gasteiger partial charge in [-0.2, -0.15) is 0 Å². The maximum Gasteiger partial charge on any atom is 0.363 e. The molecule has 0 unspecified atom stereocenters. The lowest BCUT2D eigenvalue weighted by Gasteiger charge is -2.15. The Morgan fingerprint density at radius 3 is 2.61 bits per heavy atom. The monoisotopic (exact) mass is 593 g/mol. The molecule has 5 nitrogen and oxygen atoms in total. The van der Waals surface area contributed by atoms with Crippen molar-refractivity contribution in [3.63, 3.8) is 0 Å². The highest BCUT2D eigenvalue weighted by Gasteiger charge is 2.25. The van der Waals surface area contributed by atoms with Crippen molar-refractivity contribution in [2.75, 3.05) is 6.61 Å². The predicted molar refractivity (Wildman–Crippen MR) is 146 cm³/mol. The Morgan fingerprint density at radius 2 is 1.81 bits per heavy atom. The molecule has 4 aromatic rings. The van der Waals surface area contributed by atoms with Crippen molar-refractivity contribution in [3.05, 3.63) is 111 Å². The van der Waals surface area contributed by atoms with E-state index in [0.717, 1.165) is 25.5 Å². The van der Waals surface area contributed by atoms with E-state index < -0.39 is 5.97 Å². The first-order valence-electron chi connectivity index (χ1n) is 11.4. The lowest BCUT2D eigenvalue weighted by atomic mass is 10.1. The summed E-state index contributed by atoms with van der Waals surface area (Å²) in [6, 6.07) is 23.7. The van der Waals surface area contributed by atoms with Crippen LogP contribution in [0.4, 0.5) is 4.39 Å². The number of benzene rings is 4. The van der Waals surface area contributed by atoms with E-state index in [1.165, 1.54) is 12.1 Å². The number of carbonyl (C=O) groups is 1. The van der Waals surface area contributed by atoms with E-state index in [1.807, 2.05) is 55.5 Å².